The molecule has 9 nitrogen and oxygen atoms in total. The summed E-state index contributed by atoms with van der Waals surface area (Å²) in [5.41, 5.74) is 4.84. The molecule has 0 fully saturated rings. The number of hydrogen-bond acceptors (Lipinski definition) is 5. The van der Waals surface area contributed by atoms with Gasteiger partial charge in [-0.3, -0.25) is 28.8 Å². The summed E-state index contributed by atoms with van der Waals surface area (Å²) in [6.07, 6.45) is 9.49. The Bertz CT molecular complexity index is 1560. The summed E-state index contributed by atoms with van der Waals surface area (Å²) in [5, 5.41) is 11.5. The van der Waals surface area contributed by atoms with Crippen LogP contribution in [0.15, 0.2) is 85.5 Å². The molecule has 0 aliphatic carbocycles. The van der Waals surface area contributed by atoms with Crippen LogP contribution in [0.3, 0.4) is 0 Å². The lowest BCUT2D eigenvalue weighted by atomic mass is 10.1. The summed E-state index contributed by atoms with van der Waals surface area (Å²) in [7, 11) is 3.70. The van der Waals surface area contributed by atoms with Gasteiger partial charge in [0.2, 0.25) is 5.95 Å². The third kappa shape index (κ3) is 5.95. The minimum atomic E-state index is -0.254. The van der Waals surface area contributed by atoms with Crippen molar-refractivity contribution in [3.63, 3.8) is 0 Å². The molecule has 5 rings (SSSR count). The maximum Gasteiger partial charge on any atom is 0.258 e. The quantitative estimate of drug-likeness (QED) is 0.302. The van der Waals surface area contributed by atoms with Gasteiger partial charge in [0.25, 0.3) is 5.91 Å². The Kier molecular flexibility index (Phi) is 7.26. The fourth-order valence-electron chi connectivity index (χ4n) is 4.32. The van der Waals surface area contributed by atoms with Crippen molar-refractivity contribution >= 4 is 17.6 Å². The molecule has 0 atom stereocenters. The molecule has 0 aliphatic rings. The summed E-state index contributed by atoms with van der Waals surface area (Å²) in [6, 6.07) is 19.0. The van der Waals surface area contributed by atoms with Crippen LogP contribution < -0.4 is 5.32 Å². The zero-order chi connectivity index (χ0) is 26.5. The molecule has 0 aliphatic heterocycles. The third-order valence-corrected chi connectivity index (χ3v) is 6.21. The first-order valence-corrected chi connectivity index (χ1v) is 12.5. The molecule has 0 spiro atoms. The molecule has 38 heavy (non-hydrogen) atoms. The average Bonchev–Trinajstić information content (AvgIpc) is 3.65. The monoisotopic (exact) mass is 507 g/mol. The fraction of sp³-hybridized carbons (Fsp3) is 0.207. The molecule has 3 heterocycles. The van der Waals surface area contributed by atoms with Crippen LogP contribution in [0, 0.1) is 0 Å². The molecular formula is C29H29N7O2. The van der Waals surface area contributed by atoms with E-state index < -0.39 is 0 Å². The van der Waals surface area contributed by atoms with Gasteiger partial charge in [0.05, 0.1) is 24.0 Å². The van der Waals surface area contributed by atoms with E-state index in [1.54, 1.807) is 21.6 Å². The predicted molar refractivity (Wildman–Crippen MR) is 145 cm³/mol. The first kappa shape index (κ1) is 24.9. The van der Waals surface area contributed by atoms with Gasteiger partial charge < -0.3 is 0 Å². The highest BCUT2D eigenvalue weighted by molar-refractivity contribution is 6.04. The molecule has 3 aromatic heterocycles. The van der Waals surface area contributed by atoms with E-state index in [1.165, 1.54) is 0 Å². The van der Waals surface area contributed by atoms with E-state index in [9.17, 15) is 9.59 Å². The molecule has 2 aromatic carbocycles. The molecule has 0 unspecified atom stereocenters. The second kappa shape index (κ2) is 11.1. The molecule has 0 bridgehead atoms. The standard InChI is InChI=1S/C29H29N7O2/c1-34-15-14-24(33-34)17-27(37)13-7-10-25-20-36(26-11-4-3-5-12-26)29(31-25)32-28(38)22-9-6-8-21(16-22)23-18-30-35(2)19-23/h3-6,8-9,11-12,14-16,18-20H,7,10,13,17H2,1-2H3,(H,31,32,38). The molecule has 1 N–H and O–H groups in total. The van der Waals surface area contributed by atoms with Gasteiger partial charge in [0.1, 0.15) is 5.78 Å². The molecule has 0 radical (unpaired) electrons. The van der Waals surface area contributed by atoms with E-state index in [1.807, 2.05) is 91.9 Å². The Morgan fingerprint density at radius 3 is 2.47 bits per heavy atom. The number of hydrogen-bond donors (Lipinski definition) is 1. The maximum absolute atomic E-state index is 13.2. The number of carbonyl (C=O) groups is 2. The van der Waals surface area contributed by atoms with Gasteiger partial charge in [0.15, 0.2) is 0 Å². The van der Waals surface area contributed by atoms with E-state index >= 15 is 0 Å². The predicted octanol–water partition coefficient (Wildman–Crippen LogP) is 4.39. The number of aromatic nitrogens is 6. The number of para-hydroxylation sites is 1. The van der Waals surface area contributed by atoms with E-state index in [2.05, 4.69) is 15.5 Å². The first-order chi connectivity index (χ1) is 18.4. The number of carbonyl (C=O) groups excluding carboxylic acids is 2. The number of anilines is 1. The number of amides is 1. The summed E-state index contributed by atoms with van der Waals surface area (Å²) >= 11 is 0. The van der Waals surface area contributed by atoms with Crippen molar-refractivity contribution in [2.75, 3.05) is 5.32 Å². The van der Waals surface area contributed by atoms with Crippen molar-refractivity contribution < 1.29 is 9.59 Å². The van der Waals surface area contributed by atoms with Crippen LogP contribution in [-0.2, 0) is 31.7 Å². The lowest BCUT2D eigenvalue weighted by Gasteiger charge is -2.09. The molecular weight excluding hydrogens is 478 g/mol. The van der Waals surface area contributed by atoms with Crippen LogP contribution in [0.4, 0.5) is 5.95 Å². The van der Waals surface area contributed by atoms with Crippen molar-refractivity contribution in [1.29, 1.82) is 0 Å². The highest BCUT2D eigenvalue weighted by Gasteiger charge is 2.15. The number of benzene rings is 2. The van der Waals surface area contributed by atoms with Gasteiger partial charge in [-0.25, -0.2) is 4.98 Å². The van der Waals surface area contributed by atoms with Crippen LogP contribution >= 0.6 is 0 Å². The number of imidazole rings is 1. The Labute approximate surface area is 220 Å². The van der Waals surface area contributed by atoms with Crippen LogP contribution in [0.5, 0.6) is 0 Å². The number of rotatable bonds is 10. The van der Waals surface area contributed by atoms with Crippen molar-refractivity contribution in [2.24, 2.45) is 14.1 Å². The van der Waals surface area contributed by atoms with Gasteiger partial charge in [0, 0.05) is 55.9 Å². The highest BCUT2D eigenvalue weighted by Crippen LogP contribution is 2.22. The molecule has 9 heteroatoms. The largest absolute Gasteiger partial charge is 0.299 e. The smallest absolute Gasteiger partial charge is 0.258 e. The number of Topliss-reactive ketones (excluding diaryl/α,β-unsaturated/α-hetero) is 1. The van der Waals surface area contributed by atoms with E-state index in [-0.39, 0.29) is 11.7 Å². The van der Waals surface area contributed by atoms with Gasteiger partial charge >= 0.3 is 0 Å². The highest BCUT2D eigenvalue weighted by atomic mass is 16.1. The third-order valence-electron chi connectivity index (χ3n) is 6.21. The summed E-state index contributed by atoms with van der Waals surface area (Å²) in [5.74, 6) is 0.326. The average molecular weight is 508 g/mol. The van der Waals surface area contributed by atoms with Gasteiger partial charge in [-0.1, -0.05) is 30.3 Å². The molecule has 192 valence electrons. The van der Waals surface area contributed by atoms with Crippen molar-refractivity contribution in [1.82, 2.24) is 29.1 Å². The zero-order valence-corrected chi connectivity index (χ0v) is 21.4. The van der Waals surface area contributed by atoms with E-state index in [0.29, 0.717) is 37.2 Å². The Balaban J connectivity index is 1.30. The Morgan fingerprint density at radius 1 is 0.895 bits per heavy atom. The Hall–Kier alpha value is -4.79. The van der Waals surface area contributed by atoms with Crippen LogP contribution in [0.1, 0.15) is 34.6 Å². The lowest BCUT2D eigenvalue weighted by Crippen LogP contribution is -2.15. The van der Waals surface area contributed by atoms with Crippen LogP contribution in [0.2, 0.25) is 0 Å². The molecule has 1 amide bonds. The van der Waals surface area contributed by atoms with Crippen molar-refractivity contribution in [3.05, 3.63) is 102 Å². The summed E-state index contributed by atoms with van der Waals surface area (Å²) in [4.78, 5) is 30.3. The van der Waals surface area contributed by atoms with Gasteiger partial charge in [-0.2, -0.15) is 10.2 Å². The zero-order valence-electron chi connectivity index (χ0n) is 21.4. The van der Waals surface area contributed by atoms with E-state index in [0.717, 1.165) is 28.2 Å². The van der Waals surface area contributed by atoms with Crippen LogP contribution in [0.25, 0.3) is 16.8 Å². The minimum absolute atomic E-state index is 0.146. The maximum atomic E-state index is 13.2. The molecule has 5 aromatic rings. The number of nitrogens with one attached hydrogen (secondary N) is 1. The van der Waals surface area contributed by atoms with E-state index in [4.69, 9.17) is 4.98 Å². The number of aryl methyl sites for hydroxylation is 3. The molecule has 0 saturated carbocycles. The second-order valence-corrected chi connectivity index (χ2v) is 9.25. The topological polar surface area (TPSA) is 99.6 Å². The Morgan fingerprint density at radius 2 is 1.74 bits per heavy atom. The normalized spacial score (nSPS) is 11.0. The SMILES string of the molecule is Cn1cc(-c2cccc(C(=O)Nc3nc(CCCC(=O)Cc4ccn(C)n4)cn3-c3ccccc3)c2)cn1. The fourth-order valence-corrected chi connectivity index (χ4v) is 4.32. The van der Waals surface area contributed by atoms with Crippen LogP contribution in [-0.4, -0.2) is 40.8 Å². The van der Waals surface area contributed by atoms with Crippen molar-refractivity contribution in [2.45, 2.75) is 25.7 Å². The van der Waals surface area contributed by atoms with Gasteiger partial charge in [-0.05, 0) is 48.7 Å². The summed E-state index contributed by atoms with van der Waals surface area (Å²) < 4.78 is 5.30. The second-order valence-electron chi connectivity index (χ2n) is 9.25. The first-order valence-electron chi connectivity index (χ1n) is 12.5. The van der Waals surface area contributed by atoms with Crippen molar-refractivity contribution in [3.8, 4) is 16.8 Å². The number of ketones is 1. The number of nitrogens with zero attached hydrogens (tertiary/aromatic N) is 6. The lowest BCUT2D eigenvalue weighted by molar-refractivity contribution is -0.118. The summed E-state index contributed by atoms with van der Waals surface area (Å²) in [6.45, 7) is 0. The molecule has 0 saturated heterocycles. The van der Waals surface area contributed by atoms with Gasteiger partial charge in [-0.15, -0.1) is 0 Å². The minimum Gasteiger partial charge on any atom is -0.299 e.